The number of aromatic nitrogens is 1. The van der Waals surface area contributed by atoms with Gasteiger partial charge in [-0.05, 0) is 24.3 Å². The average molecular weight is 279 g/mol. The third kappa shape index (κ3) is 2.46. The van der Waals surface area contributed by atoms with E-state index in [1.165, 1.54) is 25.4 Å². The number of hydrogen-bond acceptors (Lipinski definition) is 5. The summed E-state index contributed by atoms with van der Waals surface area (Å²) in [5.41, 5.74) is 6.85. The summed E-state index contributed by atoms with van der Waals surface area (Å²) in [6.07, 6.45) is 1.43. The molecule has 2 rings (SSSR count). The van der Waals surface area contributed by atoms with Crippen molar-refractivity contribution in [2.45, 2.75) is 0 Å². The molecule has 0 bridgehead atoms. The number of benzene rings is 1. The van der Waals surface area contributed by atoms with Crippen LogP contribution < -0.4 is 5.73 Å². The number of anilines is 1. The zero-order chi connectivity index (χ0) is 14.0. The SMILES string of the molecule is COC(=O)c1ccc(N)c(-c2ccc(Cl)cn2)c1O. The molecular weight excluding hydrogens is 268 g/mol. The van der Waals surface area contributed by atoms with Crippen molar-refractivity contribution in [2.24, 2.45) is 0 Å². The summed E-state index contributed by atoms with van der Waals surface area (Å²) in [6.45, 7) is 0. The van der Waals surface area contributed by atoms with Crippen LogP contribution in [0.1, 0.15) is 10.4 Å². The van der Waals surface area contributed by atoms with Gasteiger partial charge in [-0.15, -0.1) is 0 Å². The van der Waals surface area contributed by atoms with Crippen molar-refractivity contribution >= 4 is 23.3 Å². The lowest BCUT2D eigenvalue weighted by molar-refractivity contribution is 0.0597. The number of aromatic hydroxyl groups is 1. The van der Waals surface area contributed by atoms with Crippen molar-refractivity contribution < 1.29 is 14.6 Å². The fourth-order valence-electron chi connectivity index (χ4n) is 1.67. The maximum absolute atomic E-state index is 11.5. The van der Waals surface area contributed by atoms with E-state index in [1.54, 1.807) is 12.1 Å². The number of ether oxygens (including phenoxy) is 1. The normalized spacial score (nSPS) is 10.2. The first-order valence-electron chi connectivity index (χ1n) is 5.36. The van der Waals surface area contributed by atoms with Crippen LogP contribution in [0.15, 0.2) is 30.5 Å². The van der Waals surface area contributed by atoms with E-state index < -0.39 is 5.97 Å². The van der Waals surface area contributed by atoms with Crippen molar-refractivity contribution in [1.29, 1.82) is 0 Å². The highest BCUT2D eigenvalue weighted by molar-refractivity contribution is 6.30. The van der Waals surface area contributed by atoms with Crippen LogP contribution in [0.5, 0.6) is 5.75 Å². The molecule has 1 aromatic heterocycles. The first-order chi connectivity index (χ1) is 9.04. The minimum atomic E-state index is -0.646. The monoisotopic (exact) mass is 278 g/mol. The van der Waals surface area contributed by atoms with Crippen molar-refractivity contribution in [3.8, 4) is 17.0 Å². The summed E-state index contributed by atoms with van der Waals surface area (Å²) in [5.74, 6) is -0.908. The van der Waals surface area contributed by atoms with Gasteiger partial charge in [0.1, 0.15) is 11.3 Å². The topological polar surface area (TPSA) is 85.4 Å². The average Bonchev–Trinajstić information content (AvgIpc) is 2.40. The Hall–Kier alpha value is -2.27. The molecule has 98 valence electrons. The van der Waals surface area contributed by atoms with Gasteiger partial charge in [0, 0.05) is 11.9 Å². The van der Waals surface area contributed by atoms with Crippen LogP contribution in [-0.4, -0.2) is 23.2 Å². The Kier molecular flexibility index (Phi) is 3.57. The molecule has 0 atom stereocenters. The molecule has 0 radical (unpaired) electrons. The molecule has 0 aliphatic rings. The quantitative estimate of drug-likeness (QED) is 0.651. The van der Waals surface area contributed by atoms with E-state index >= 15 is 0 Å². The molecule has 2 aromatic rings. The van der Waals surface area contributed by atoms with Crippen LogP contribution in [-0.2, 0) is 4.74 Å². The van der Waals surface area contributed by atoms with E-state index in [9.17, 15) is 9.90 Å². The number of halogens is 1. The first-order valence-corrected chi connectivity index (χ1v) is 5.74. The van der Waals surface area contributed by atoms with Gasteiger partial charge in [0.15, 0.2) is 0 Å². The smallest absolute Gasteiger partial charge is 0.341 e. The van der Waals surface area contributed by atoms with Gasteiger partial charge in [-0.25, -0.2) is 4.79 Å². The predicted octanol–water partition coefficient (Wildman–Crippen LogP) is 2.48. The lowest BCUT2D eigenvalue weighted by Gasteiger charge is -2.11. The third-order valence-corrected chi connectivity index (χ3v) is 2.82. The number of phenolic OH excluding ortho intramolecular Hbond substituents is 1. The highest BCUT2D eigenvalue weighted by Crippen LogP contribution is 2.36. The van der Waals surface area contributed by atoms with Gasteiger partial charge in [0.25, 0.3) is 0 Å². The van der Waals surface area contributed by atoms with Gasteiger partial charge in [-0.2, -0.15) is 0 Å². The lowest BCUT2D eigenvalue weighted by atomic mass is 10.0. The van der Waals surface area contributed by atoms with Crippen molar-refractivity contribution in [1.82, 2.24) is 4.98 Å². The fourth-order valence-corrected chi connectivity index (χ4v) is 1.79. The fraction of sp³-hybridized carbons (Fsp3) is 0.0769. The van der Waals surface area contributed by atoms with Gasteiger partial charge >= 0.3 is 5.97 Å². The molecule has 0 aliphatic carbocycles. The number of pyridine rings is 1. The molecule has 1 heterocycles. The largest absolute Gasteiger partial charge is 0.506 e. The molecule has 0 saturated heterocycles. The molecule has 19 heavy (non-hydrogen) atoms. The molecule has 0 saturated carbocycles. The predicted molar refractivity (Wildman–Crippen MR) is 72.1 cm³/mol. The van der Waals surface area contributed by atoms with Gasteiger partial charge in [0.05, 0.1) is 23.4 Å². The summed E-state index contributed by atoms with van der Waals surface area (Å²) in [4.78, 5) is 15.6. The maximum atomic E-state index is 11.5. The number of nitrogens with zero attached hydrogens (tertiary/aromatic N) is 1. The third-order valence-electron chi connectivity index (χ3n) is 2.60. The van der Waals surface area contributed by atoms with E-state index in [-0.39, 0.29) is 16.9 Å². The zero-order valence-electron chi connectivity index (χ0n) is 10.1. The van der Waals surface area contributed by atoms with Crippen LogP contribution >= 0.6 is 11.6 Å². The van der Waals surface area contributed by atoms with Gasteiger partial charge in [-0.1, -0.05) is 11.6 Å². The Labute approximate surface area is 114 Å². The number of carbonyl (C=O) groups excluding carboxylic acids is 1. The van der Waals surface area contributed by atoms with Crippen LogP contribution in [0, 0.1) is 0 Å². The highest BCUT2D eigenvalue weighted by atomic mass is 35.5. The van der Waals surface area contributed by atoms with Gasteiger partial charge < -0.3 is 15.6 Å². The van der Waals surface area contributed by atoms with Crippen molar-refractivity contribution in [3.05, 3.63) is 41.0 Å². The van der Waals surface area contributed by atoms with E-state index in [0.717, 1.165) is 0 Å². The summed E-state index contributed by atoms with van der Waals surface area (Å²) in [5, 5.41) is 10.6. The van der Waals surface area contributed by atoms with Crippen LogP contribution in [0.4, 0.5) is 5.69 Å². The lowest BCUT2D eigenvalue weighted by Crippen LogP contribution is -2.04. The second kappa shape index (κ2) is 5.16. The summed E-state index contributed by atoms with van der Waals surface area (Å²) in [7, 11) is 1.23. The van der Waals surface area contributed by atoms with Gasteiger partial charge in [0.2, 0.25) is 0 Å². The van der Waals surface area contributed by atoms with Crippen LogP contribution in [0.25, 0.3) is 11.3 Å². The number of esters is 1. The maximum Gasteiger partial charge on any atom is 0.341 e. The Morgan fingerprint density at radius 2 is 2.11 bits per heavy atom. The number of phenols is 1. The second-order valence-corrected chi connectivity index (χ2v) is 4.22. The molecule has 0 amide bonds. The number of hydrogen-bond donors (Lipinski definition) is 2. The van der Waals surface area contributed by atoms with E-state index in [4.69, 9.17) is 17.3 Å². The van der Waals surface area contributed by atoms with E-state index in [1.807, 2.05) is 0 Å². The Morgan fingerprint density at radius 3 is 2.68 bits per heavy atom. The Morgan fingerprint density at radius 1 is 1.37 bits per heavy atom. The van der Waals surface area contributed by atoms with Gasteiger partial charge in [-0.3, -0.25) is 4.98 Å². The summed E-state index contributed by atoms with van der Waals surface area (Å²) in [6, 6.07) is 6.13. The minimum absolute atomic E-state index is 0.0310. The number of rotatable bonds is 2. The van der Waals surface area contributed by atoms with E-state index in [2.05, 4.69) is 9.72 Å². The molecule has 0 fully saturated rings. The molecule has 3 N–H and O–H groups in total. The number of nitrogen functional groups attached to an aromatic ring is 1. The van der Waals surface area contributed by atoms with Crippen molar-refractivity contribution in [3.63, 3.8) is 0 Å². The highest BCUT2D eigenvalue weighted by Gasteiger charge is 2.19. The molecule has 0 spiro atoms. The zero-order valence-corrected chi connectivity index (χ0v) is 10.8. The minimum Gasteiger partial charge on any atom is -0.506 e. The molecule has 5 nitrogen and oxygen atoms in total. The van der Waals surface area contributed by atoms with E-state index in [0.29, 0.717) is 16.4 Å². The Balaban J connectivity index is 2.62. The number of carbonyl (C=O) groups is 1. The summed E-state index contributed by atoms with van der Waals surface area (Å²) >= 11 is 5.75. The molecule has 0 unspecified atom stereocenters. The summed E-state index contributed by atoms with van der Waals surface area (Å²) < 4.78 is 4.59. The first kappa shape index (κ1) is 13.2. The number of methoxy groups -OCH3 is 1. The molecule has 6 heteroatoms. The van der Waals surface area contributed by atoms with Crippen LogP contribution in [0.3, 0.4) is 0 Å². The standard InChI is InChI=1S/C13H11ClN2O3/c1-19-13(18)8-3-4-9(15)11(12(8)17)10-5-2-7(14)6-16-10/h2-6,17H,15H2,1H3. The molecule has 1 aromatic carbocycles. The number of nitrogens with two attached hydrogens (primary N) is 1. The Bertz CT molecular complexity index is 627. The molecular formula is C13H11ClN2O3. The van der Waals surface area contributed by atoms with Crippen LogP contribution in [0.2, 0.25) is 5.02 Å². The van der Waals surface area contributed by atoms with Crippen molar-refractivity contribution in [2.75, 3.05) is 12.8 Å². The molecule has 0 aliphatic heterocycles. The second-order valence-electron chi connectivity index (χ2n) is 3.78.